The lowest BCUT2D eigenvalue weighted by Gasteiger charge is -2.34. The van der Waals surface area contributed by atoms with Gasteiger partial charge in [-0.1, -0.05) is 13.8 Å². The van der Waals surface area contributed by atoms with Crippen LogP contribution in [0.15, 0.2) is 12.4 Å². The summed E-state index contributed by atoms with van der Waals surface area (Å²) in [7, 11) is 0. The second-order valence-corrected chi connectivity index (χ2v) is 4.92. The summed E-state index contributed by atoms with van der Waals surface area (Å²) in [6.07, 6.45) is 4.15. The average molecular weight is 226 g/mol. The zero-order chi connectivity index (χ0) is 11.8. The lowest BCUT2D eigenvalue weighted by molar-refractivity contribution is -0.110. The number of halogens is 2. The van der Waals surface area contributed by atoms with Crippen molar-refractivity contribution in [2.24, 2.45) is 5.92 Å². The summed E-state index contributed by atoms with van der Waals surface area (Å²) in [6.45, 7) is 4.15. The van der Waals surface area contributed by atoms with Gasteiger partial charge < -0.3 is 0 Å². The molecule has 0 atom stereocenters. The number of alkyl halides is 2. The van der Waals surface area contributed by atoms with Gasteiger partial charge in [0.2, 0.25) is 5.92 Å². The number of nitrogens with zero attached hydrogens (tertiary/aromatic N) is 2. The van der Waals surface area contributed by atoms with Gasteiger partial charge in [0.25, 0.3) is 0 Å². The first kappa shape index (κ1) is 11.4. The molecule has 0 unspecified atom stereocenters. The molecule has 1 saturated carbocycles. The molecule has 16 heavy (non-hydrogen) atoms. The molecular weight excluding hydrogens is 210 g/mol. The second kappa shape index (κ2) is 4.07. The molecular formula is C12H16F2N2. The van der Waals surface area contributed by atoms with Crippen LogP contribution in [0.5, 0.6) is 0 Å². The zero-order valence-electron chi connectivity index (χ0n) is 9.58. The highest BCUT2D eigenvalue weighted by Crippen LogP contribution is 2.43. The van der Waals surface area contributed by atoms with Crippen molar-refractivity contribution in [3.63, 3.8) is 0 Å². The Labute approximate surface area is 94.1 Å². The number of aromatic nitrogens is 2. The fourth-order valence-electron chi connectivity index (χ4n) is 1.96. The van der Waals surface area contributed by atoms with E-state index >= 15 is 0 Å². The molecule has 0 amide bonds. The predicted molar refractivity (Wildman–Crippen MR) is 57.5 cm³/mol. The summed E-state index contributed by atoms with van der Waals surface area (Å²) in [5, 5.41) is 0. The molecule has 0 spiro atoms. The van der Waals surface area contributed by atoms with E-state index in [4.69, 9.17) is 0 Å². The highest BCUT2D eigenvalue weighted by Gasteiger charge is 2.45. The van der Waals surface area contributed by atoms with Crippen LogP contribution in [-0.2, 0) is 6.42 Å². The molecule has 1 aromatic heterocycles. The first-order valence-electron chi connectivity index (χ1n) is 5.65. The van der Waals surface area contributed by atoms with Crippen LogP contribution in [-0.4, -0.2) is 15.9 Å². The van der Waals surface area contributed by atoms with Gasteiger partial charge in [-0.15, -0.1) is 0 Å². The van der Waals surface area contributed by atoms with Gasteiger partial charge in [-0.25, -0.2) is 18.7 Å². The Morgan fingerprint density at radius 2 is 1.88 bits per heavy atom. The van der Waals surface area contributed by atoms with Crippen molar-refractivity contribution < 1.29 is 8.78 Å². The molecule has 0 saturated heterocycles. The van der Waals surface area contributed by atoms with Crippen molar-refractivity contribution in [3.05, 3.63) is 23.8 Å². The summed E-state index contributed by atoms with van der Waals surface area (Å²) < 4.78 is 25.2. The van der Waals surface area contributed by atoms with Gasteiger partial charge in [-0.05, 0) is 17.4 Å². The van der Waals surface area contributed by atoms with Crippen LogP contribution in [0, 0.1) is 5.92 Å². The average Bonchev–Trinajstić information content (AvgIpc) is 2.15. The van der Waals surface area contributed by atoms with Crippen LogP contribution in [0.1, 0.15) is 44.0 Å². The van der Waals surface area contributed by atoms with E-state index in [1.54, 1.807) is 12.4 Å². The lowest BCUT2D eigenvalue weighted by atomic mass is 9.79. The quantitative estimate of drug-likeness (QED) is 0.791. The van der Waals surface area contributed by atoms with E-state index in [0.29, 0.717) is 18.2 Å². The molecule has 0 radical (unpaired) electrons. The van der Waals surface area contributed by atoms with Crippen LogP contribution in [0.2, 0.25) is 0 Å². The van der Waals surface area contributed by atoms with E-state index in [2.05, 4.69) is 23.8 Å². The Kier molecular flexibility index (Phi) is 2.91. The topological polar surface area (TPSA) is 25.8 Å². The first-order valence-corrected chi connectivity index (χ1v) is 5.65. The third kappa shape index (κ3) is 2.54. The number of rotatable bonds is 3. The summed E-state index contributed by atoms with van der Waals surface area (Å²) in [6, 6.07) is 0. The lowest BCUT2D eigenvalue weighted by Crippen LogP contribution is -2.36. The zero-order valence-corrected chi connectivity index (χ0v) is 9.58. The van der Waals surface area contributed by atoms with Gasteiger partial charge >= 0.3 is 0 Å². The van der Waals surface area contributed by atoms with Crippen LogP contribution >= 0.6 is 0 Å². The van der Waals surface area contributed by atoms with Crippen molar-refractivity contribution in [1.29, 1.82) is 0 Å². The minimum Gasteiger partial charge on any atom is -0.241 e. The third-order valence-corrected chi connectivity index (χ3v) is 3.04. The second-order valence-electron chi connectivity index (χ2n) is 4.92. The monoisotopic (exact) mass is 226 g/mol. The Hall–Kier alpha value is -1.06. The van der Waals surface area contributed by atoms with Crippen molar-refractivity contribution in [2.45, 2.75) is 45.0 Å². The molecule has 2 nitrogen and oxygen atoms in total. The molecule has 0 aliphatic heterocycles. The Morgan fingerprint density at radius 1 is 1.31 bits per heavy atom. The van der Waals surface area contributed by atoms with E-state index in [9.17, 15) is 8.78 Å². The van der Waals surface area contributed by atoms with Crippen LogP contribution < -0.4 is 0 Å². The van der Waals surface area contributed by atoms with E-state index < -0.39 is 5.92 Å². The first-order chi connectivity index (χ1) is 7.46. The predicted octanol–water partition coefficient (Wildman–Crippen LogP) is 3.19. The van der Waals surface area contributed by atoms with Crippen molar-refractivity contribution >= 4 is 0 Å². The van der Waals surface area contributed by atoms with Gasteiger partial charge in [0.1, 0.15) is 5.82 Å². The van der Waals surface area contributed by atoms with Crippen molar-refractivity contribution in [3.8, 4) is 0 Å². The summed E-state index contributed by atoms with van der Waals surface area (Å²) >= 11 is 0. The van der Waals surface area contributed by atoms with E-state index in [1.165, 1.54) is 0 Å². The van der Waals surface area contributed by atoms with E-state index in [-0.39, 0.29) is 18.8 Å². The summed E-state index contributed by atoms with van der Waals surface area (Å²) in [5.74, 6) is -1.30. The maximum Gasteiger partial charge on any atom is 0.248 e. The van der Waals surface area contributed by atoms with E-state index in [1.807, 2.05) is 0 Å². The van der Waals surface area contributed by atoms with E-state index in [0.717, 1.165) is 5.56 Å². The smallest absolute Gasteiger partial charge is 0.241 e. The molecule has 0 N–H and O–H groups in total. The van der Waals surface area contributed by atoms with Gasteiger partial charge in [-0.3, -0.25) is 0 Å². The van der Waals surface area contributed by atoms with Crippen LogP contribution in [0.4, 0.5) is 8.78 Å². The molecule has 1 fully saturated rings. The minimum absolute atomic E-state index is 0.0116. The Bertz CT molecular complexity index is 352. The molecule has 1 aromatic rings. The largest absolute Gasteiger partial charge is 0.248 e. The standard InChI is InChI=1S/C12H16F2N2/c1-8(2)10-6-15-11(16-7-10)3-9-4-12(13,14)5-9/h6-9H,3-5H2,1-2H3. The molecule has 1 aliphatic carbocycles. The molecule has 0 aromatic carbocycles. The minimum atomic E-state index is -2.44. The maximum atomic E-state index is 12.6. The highest BCUT2D eigenvalue weighted by atomic mass is 19.3. The fourth-order valence-corrected chi connectivity index (χ4v) is 1.96. The maximum absolute atomic E-state index is 12.6. The normalized spacial score (nSPS) is 19.8. The molecule has 1 heterocycles. The molecule has 2 rings (SSSR count). The van der Waals surface area contributed by atoms with Gasteiger partial charge in [-0.2, -0.15) is 0 Å². The highest BCUT2D eigenvalue weighted by molar-refractivity contribution is 5.10. The van der Waals surface area contributed by atoms with Crippen molar-refractivity contribution in [1.82, 2.24) is 9.97 Å². The molecule has 88 valence electrons. The van der Waals surface area contributed by atoms with Gasteiger partial charge in [0.05, 0.1) is 0 Å². The molecule has 1 aliphatic rings. The number of hydrogen-bond acceptors (Lipinski definition) is 2. The van der Waals surface area contributed by atoms with Gasteiger partial charge in [0.15, 0.2) is 0 Å². The molecule has 0 bridgehead atoms. The molecule has 4 heteroatoms. The third-order valence-electron chi connectivity index (χ3n) is 3.04. The summed E-state index contributed by atoms with van der Waals surface area (Å²) in [4.78, 5) is 8.43. The number of hydrogen-bond donors (Lipinski definition) is 0. The van der Waals surface area contributed by atoms with Crippen molar-refractivity contribution in [2.75, 3.05) is 0 Å². The van der Waals surface area contributed by atoms with Crippen LogP contribution in [0.3, 0.4) is 0 Å². The SMILES string of the molecule is CC(C)c1cnc(CC2CC(F)(F)C2)nc1. The summed E-state index contributed by atoms with van der Waals surface area (Å²) in [5.41, 5.74) is 1.09. The van der Waals surface area contributed by atoms with Gasteiger partial charge in [0, 0.05) is 31.7 Å². The Morgan fingerprint density at radius 3 is 2.31 bits per heavy atom. The fraction of sp³-hybridized carbons (Fsp3) is 0.667. The Balaban J connectivity index is 1.91. The van der Waals surface area contributed by atoms with Crippen LogP contribution in [0.25, 0.3) is 0 Å².